The van der Waals surface area contributed by atoms with Crippen LogP contribution in [0.3, 0.4) is 0 Å². The quantitative estimate of drug-likeness (QED) is 0.304. The Morgan fingerprint density at radius 1 is 1.75 bits per heavy atom. The van der Waals surface area contributed by atoms with Crippen molar-refractivity contribution < 1.29 is 4.73 Å². The van der Waals surface area contributed by atoms with Crippen molar-refractivity contribution in [2.75, 3.05) is 0 Å². The highest BCUT2D eigenvalue weighted by atomic mass is 32.1. The summed E-state index contributed by atoms with van der Waals surface area (Å²) in [5.41, 5.74) is 0. The summed E-state index contributed by atoms with van der Waals surface area (Å²) < 4.78 is 0.642. The van der Waals surface area contributed by atoms with Crippen LogP contribution in [0.25, 0.3) is 0 Å². The second-order valence-corrected chi connectivity index (χ2v) is 1.73. The Kier molecular flexibility index (Phi) is 1.39. The smallest absolute Gasteiger partial charge is 0.256 e. The average molecular weight is 126 g/mol. The van der Waals surface area contributed by atoms with Gasteiger partial charge in [0, 0.05) is 6.07 Å². The highest BCUT2D eigenvalue weighted by Gasteiger charge is 1.91. The molecule has 8 heavy (non-hydrogen) atoms. The van der Waals surface area contributed by atoms with Crippen LogP contribution in [0.4, 0.5) is 0 Å². The van der Waals surface area contributed by atoms with Crippen LogP contribution >= 0.6 is 12.6 Å². The van der Waals surface area contributed by atoms with E-state index in [1.54, 1.807) is 12.1 Å². The Hall–Kier alpha value is -0.700. The minimum absolute atomic E-state index is 0.299. The Morgan fingerprint density at radius 3 is 2.88 bits per heavy atom. The molecule has 0 aromatic carbocycles. The predicted molar refractivity (Wildman–Crippen MR) is 31.5 cm³/mol. The van der Waals surface area contributed by atoms with E-state index in [1.807, 2.05) is 0 Å². The van der Waals surface area contributed by atoms with Gasteiger partial charge in [0.2, 0.25) is 0 Å². The number of pyridine rings is 1. The van der Waals surface area contributed by atoms with E-state index in [4.69, 9.17) is 0 Å². The van der Waals surface area contributed by atoms with E-state index >= 15 is 0 Å². The lowest BCUT2D eigenvalue weighted by molar-refractivity contribution is -0.645. The molecular weight excluding hydrogens is 122 g/mol. The second kappa shape index (κ2) is 2.05. The topological polar surface area (TPSA) is 26.9 Å². The lowest BCUT2D eigenvalue weighted by Crippen LogP contribution is -2.26. The van der Waals surface area contributed by atoms with Crippen molar-refractivity contribution in [2.24, 2.45) is 0 Å². The van der Waals surface area contributed by atoms with Gasteiger partial charge in [-0.15, -0.1) is 0 Å². The highest BCUT2D eigenvalue weighted by molar-refractivity contribution is 7.80. The third-order valence-corrected chi connectivity index (χ3v) is 1.07. The molecule has 0 amide bonds. The largest absolute Gasteiger partial charge is 0.618 e. The summed E-state index contributed by atoms with van der Waals surface area (Å²) in [4.78, 5) is 0. The van der Waals surface area contributed by atoms with Crippen LogP contribution in [0.15, 0.2) is 23.4 Å². The van der Waals surface area contributed by atoms with Crippen molar-refractivity contribution in [1.82, 2.24) is 0 Å². The number of nitrogens with zero attached hydrogens (tertiary/aromatic N) is 1. The van der Waals surface area contributed by atoms with E-state index in [-0.39, 0.29) is 0 Å². The third-order valence-electron chi connectivity index (χ3n) is 0.739. The average Bonchev–Trinajstić information content (AvgIpc) is 1.77. The van der Waals surface area contributed by atoms with Crippen molar-refractivity contribution in [3.8, 4) is 0 Å². The van der Waals surface area contributed by atoms with Gasteiger partial charge in [-0.05, 0) is 6.07 Å². The molecule has 1 aromatic rings. The molecule has 1 aromatic heterocycles. The van der Waals surface area contributed by atoms with Crippen LogP contribution in [0, 0.1) is 11.3 Å². The van der Waals surface area contributed by atoms with Crippen molar-refractivity contribution in [2.45, 2.75) is 5.03 Å². The number of rotatable bonds is 0. The first kappa shape index (κ1) is 5.44. The van der Waals surface area contributed by atoms with Crippen molar-refractivity contribution in [3.63, 3.8) is 0 Å². The standard InChI is InChI=1S/C5H4NOS/c7-6-4-2-1-3-5(6)8/h1-2,4,8H. The molecule has 0 aliphatic rings. The van der Waals surface area contributed by atoms with Crippen LogP contribution in [0.1, 0.15) is 0 Å². The van der Waals surface area contributed by atoms with E-state index in [0.29, 0.717) is 9.76 Å². The molecule has 0 N–H and O–H groups in total. The number of thiol groups is 1. The van der Waals surface area contributed by atoms with Gasteiger partial charge in [0.25, 0.3) is 5.03 Å². The van der Waals surface area contributed by atoms with Gasteiger partial charge in [-0.2, -0.15) is 4.73 Å². The van der Waals surface area contributed by atoms with Gasteiger partial charge in [-0.3, -0.25) is 0 Å². The van der Waals surface area contributed by atoms with Crippen LogP contribution < -0.4 is 4.73 Å². The molecule has 1 heterocycles. The Balaban J connectivity index is 3.13. The first-order chi connectivity index (χ1) is 3.80. The van der Waals surface area contributed by atoms with Gasteiger partial charge in [0.05, 0.1) is 6.07 Å². The van der Waals surface area contributed by atoms with Crippen LogP contribution in [-0.2, 0) is 0 Å². The maximum absolute atomic E-state index is 10.4. The van der Waals surface area contributed by atoms with Gasteiger partial charge < -0.3 is 5.21 Å². The third kappa shape index (κ3) is 0.924. The monoisotopic (exact) mass is 126 g/mol. The fourth-order valence-electron chi connectivity index (χ4n) is 0.378. The minimum Gasteiger partial charge on any atom is -0.618 e. The summed E-state index contributed by atoms with van der Waals surface area (Å²) in [6.07, 6.45) is 1.37. The molecule has 0 saturated heterocycles. The van der Waals surface area contributed by atoms with Crippen LogP contribution in [0.5, 0.6) is 0 Å². The van der Waals surface area contributed by atoms with E-state index in [0.717, 1.165) is 0 Å². The molecule has 0 aliphatic carbocycles. The van der Waals surface area contributed by atoms with Crippen LogP contribution in [-0.4, -0.2) is 0 Å². The molecule has 0 aliphatic heterocycles. The van der Waals surface area contributed by atoms with E-state index < -0.39 is 0 Å². The van der Waals surface area contributed by atoms with Crippen LogP contribution in [0.2, 0.25) is 0 Å². The molecular formula is C5H4NOS. The maximum Gasteiger partial charge on any atom is 0.256 e. The fraction of sp³-hybridized carbons (Fsp3) is 0. The van der Waals surface area contributed by atoms with Crippen molar-refractivity contribution >= 4 is 12.6 Å². The summed E-state index contributed by atoms with van der Waals surface area (Å²) in [6, 6.07) is 5.85. The van der Waals surface area contributed by atoms with E-state index in [2.05, 4.69) is 18.7 Å². The molecule has 0 spiro atoms. The van der Waals surface area contributed by atoms with E-state index in [9.17, 15) is 5.21 Å². The zero-order valence-corrected chi connectivity index (χ0v) is 4.93. The molecule has 1 rings (SSSR count). The molecule has 1 radical (unpaired) electrons. The molecule has 0 saturated carbocycles. The molecule has 2 nitrogen and oxygen atoms in total. The minimum atomic E-state index is 0.299. The molecule has 41 valence electrons. The number of hydrogen-bond acceptors (Lipinski definition) is 2. The Labute approximate surface area is 52.8 Å². The summed E-state index contributed by atoms with van der Waals surface area (Å²) in [7, 11) is 0. The SMILES string of the molecule is [O-][n+]1ccc[c]c1S. The summed E-state index contributed by atoms with van der Waals surface area (Å²) >= 11 is 3.79. The maximum atomic E-state index is 10.4. The van der Waals surface area contributed by atoms with Gasteiger partial charge in [-0.25, -0.2) is 0 Å². The molecule has 0 unspecified atom stereocenters. The zero-order valence-electron chi connectivity index (χ0n) is 4.03. The normalized spacial score (nSPS) is 9.12. The Bertz CT molecular complexity index is 169. The molecule has 0 fully saturated rings. The predicted octanol–water partition coefficient (Wildman–Crippen LogP) is 0.409. The molecule has 0 bridgehead atoms. The zero-order chi connectivity index (χ0) is 5.98. The van der Waals surface area contributed by atoms with Gasteiger partial charge in [0.1, 0.15) is 0 Å². The first-order valence-electron chi connectivity index (χ1n) is 2.09. The number of aromatic nitrogens is 1. The fourth-order valence-corrected chi connectivity index (χ4v) is 0.519. The lowest BCUT2D eigenvalue weighted by Gasteiger charge is -1.93. The second-order valence-electron chi connectivity index (χ2n) is 1.30. The molecule has 3 heteroatoms. The first-order valence-corrected chi connectivity index (χ1v) is 2.54. The summed E-state index contributed by atoms with van der Waals surface area (Å²) in [5.74, 6) is 0. The Morgan fingerprint density at radius 2 is 2.50 bits per heavy atom. The van der Waals surface area contributed by atoms with Crippen molar-refractivity contribution in [1.29, 1.82) is 0 Å². The lowest BCUT2D eigenvalue weighted by atomic mass is 10.5. The molecule has 0 atom stereocenters. The van der Waals surface area contributed by atoms with Gasteiger partial charge in [-0.1, -0.05) is 12.6 Å². The van der Waals surface area contributed by atoms with Gasteiger partial charge >= 0.3 is 0 Å². The number of hydrogen-bond donors (Lipinski definition) is 1. The summed E-state index contributed by atoms with van der Waals surface area (Å²) in [5, 5.41) is 10.7. The van der Waals surface area contributed by atoms with Gasteiger partial charge in [0.15, 0.2) is 6.20 Å². The highest BCUT2D eigenvalue weighted by Crippen LogP contribution is 1.92. The summed E-state index contributed by atoms with van der Waals surface area (Å²) in [6.45, 7) is 0. The van der Waals surface area contributed by atoms with Crippen molar-refractivity contribution in [3.05, 3.63) is 29.6 Å². The van der Waals surface area contributed by atoms with E-state index in [1.165, 1.54) is 6.20 Å².